The number of hydrogen-bond donors (Lipinski definition) is 0. The predicted octanol–water partition coefficient (Wildman–Crippen LogP) is 3.05. The summed E-state index contributed by atoms with van der Waals surface area (Å²) < 4.78 is 20.5. The van der Waals surface area contributed by atoms with Gasteiger partial charge in [-0.15, -0.1) is 6.42 Å². The molecule has 0 saturated carbocycles. The molecule has 0 N–H and O–H groups in total. The molecule has 1 unspecified atom stereocenters. The van der Waals surface area contributed by atoms with Crippen LogP contribution in [0.3, 0.4) is 0 Å². The Balaban J connectivity index is 2.53. The normalized spacial score (nSPS) is 12.0. The van der Waals surface area contributed by atoms with Crippen molar-refractivity contribution >= 4 is 22.9 Å². The summed E-state index contributed by atoms with van der Waals surface area (Å²) in [5.41, 5.74) is -0.0143. The average molecular weight is 327 g/mol. The van der Waals surface area contributed by atoms with Crippen molar-refractivity contribution in [1.82, 2.24) is 9.78 Å². The first kappa shape index (κ1) is 15.5. The van der Waals surface area contributed by atoms with Gasteiger partial charge in [0.1, 0.15) is 16.4 Å². The van der Waals surface area contributed by atoms with Gasteiger partial charge >= 0.3 is 4.87 Å². The molecular weight excluding hydrogens is 315 g/mol. The van der Waals surface area contributed by atoms with Crippen molar-refractivity contribution in [3.05, 3.63) is 37.6 Å². The summed E-state index contributed by atoms with van der Waals surface area (Å²) in [5.74, 6) is 1.93. The van der Waals surface area contributed by atoms with Crippen molar-refractivity contribution in [2.24, 2.45) is 0 Å². The number of rotatable bonds is 4. The molecule has 0 amide bonds. The van der Waals surface area contributed by atoms with Crippen molar-refractivity contribution < 1.29 is 9.13 Å². The van der Waals surface area contributed by atoms with E-state index in [1.807, 2.05) is 6.92 Å². The molecule has 1 atom stereocenters. The standard InChI is InChI=1S/C14H12ClFN2O2S/c1-4-8(3)20-12-7-11(10(16)6-9(12)15)18-14(19)21-13(5-2)17-18/h1,6-8H,5H2,2-3H3. The van der Waals surface area contributed by atoms with E-state index in [9.17, 15) is 9.18 Å². The monoisotopic (exact) mass is 326 g/mol. The Morgan fingerprint density at radius 3 is 2.90 bits per heavy atom. The third kappa shape index (κ3) is 3.26. The van der Waals surface area contributed by atoms with Crippen molar-refractivity contribution in [2.75, 3.05) is 0 Å². The Labute approximate surface area is 130 Å². The number of benzene rings is 1. The number of ether oxygens (including phenoxy) is 1. The molecule has 2 aromatic rings. The molecule has 7 heteroatoms. The number of aryl methyl sites for hydroxylation is 1. The SMILES string of the molecule is C#CC(C)Oc1cc(-n2nc(CC)sc2=O)c(F)cc1Cl. The van der Waals surface area contributed by atoms with Gasteiger partial charge in [-0.25, -0.2) is 4.39 Å². The second kappa shape index (κ2) is 6.29. The van der Waals surface area contributed by atoms with Crippen LogP contribution in [0.1, 0.15) is 18.9 Å². The van der Waals surface area contributed by atoms with Gasteiger partial charge in [0, 0.05) is 6.07 Å². The quantitative estimate of drug-likeness (QED) is 0.811. The lowest BCUT2D eigenvalue weighted by Gasteiger charge is -2.12. The molecule has 0 aliphatic carbocycles. The van der Waals surface area contributed by atoms with E-state index in [2.05, 4.69) is 11.0 Å². The lowest BCUT2D eigenvalue weighted by Crippen LogP contribution is -2.15. The summed E-state index contributed by atoms with van der Waals surface area (Å²) >= 11 is 6.89. The van der Waals surface area contributed by atoms with E-state index in [-0.39, 0.29) is 21.3 Å². The summed E-state index contributed by atoms with van der Waals surface area (Å²) in [5, 5.41) is 4.77. The fourth-order valence-electron chi connectivity index (χ4n) is 1.61. The zero-order valence-electron chi connectivity index (χ0n) is 11.4. The topological polar surface area (TPSA) is 44.1 Å². The van der Waals surface area contributed by atoms with Crippen molar-refractivity contribution in [3.8, 4) is 23.8 Å². The summed E-state index contributed by atoms with van der Waals surface area (Å²) in [6, 6.07) is 2.40. The van der Waals surface area contributed by atoms with Crippen molar-refractivity contribution in [1.29, 1.82) is 0 Å². The zero-order chi connectivity index (χ0) is 15.6. The molecule has 110 valence electrons. The van der Waals surface area contributed by atoms with Gasteiger partial charge < -0.3 is 4.74 Å². The van der Waals surface area contributed by atoms with E-state index in [0.717, 1.165) is 22.1 Å². The first-order valence-corrected chi connectivity index (χ1v) is 7.37. The maximum Gasteiger partial charge on any atom is 0.329 e. The Morgan fingerprint density at radius 2 is 2.33 bits per heavy atom. The minimum Gasteiger partial charge on any atom is -0.476 e. The van der Waals surface area contributed by atoms with E-state index in [1.54, 1.807) is 6.92 Å². The van der Waals surface area contributed by atoms with Gasteiger partial charge in [0.2, 0.25) is 0 Å². The maximum absolute atomic E-state index is 14.1. The fraction of sp³-hybridized carbons (Fsp3) is 0.286. The predicted molar refractivity (Wildman–Crippen MR) is 81.0 cm³/mol. The summed E-state index contributed by atoms with van der Waals surface area (Å²) in [4.78, 5) is 11.5. The summed E-state index contributed by atoms with van der Waals surface area (Å²) in [6.45, 7) is 3.52. The molecule has 0 radical (unpaired) electrons. The lowest BCUT2D eigenvalue weighted by molar-refractivity contribution is 0.278. The average Bonchev–Trinajstić information content (AvgIpc) is 2.82. The first-order valence-electron chi connectivity index (χ1n) is 6.17. The largest absolute Gasteiger partial charge is 0.476 e. The van der Waals surface area contributed by atoms with Gasteiger partial charge in [0.05, 0.1) is 5.02 Å². The van der Waals surface area contributed by atoms with E-state index >= 15 is 0 Å². The third-order valence-electron chi connectivity index (χ3n) is 2.66. The van der Waals surface area contributed by atoms with Crippen LogP contribution in [0.15, 0.2) is 16.9 Å². The van der Waals surface area contributed by atoms with Crippen LogP contribution in [0, 0.1) is 18.2 Å². The van der Waals surface area contributed by atoms with Gasteiger partial charge in [-0.1, -0.05) is 35.8 Å². The van der Waals surface area contributed by atoms with Crippen LogP contribution in [-0.2, 0) is 6.42 Å². The molecule has 0 bridgehead atoms. The highest BCUT2D eigenvalue weighted by Crippen LogP contribution is 2.30. The number of hydrogen-bond acceptors (Lipinski definition) is 4. The number of halogens is 2. The number of aromatic nitrogens is 2. The highest BCUT2D eigenvalue weighted by molar-refractivity contribution is 7.08. The molecule has 21 heavy (non-hydrogen) atoms. The summed E-state index contributed by atoms with van der Waals surface area (Å²) in [6.07, 6.45) is 5.30. The van der Waals surface area contributed by atoms with E-state index in [0.29, 0.717) is 11.4 Å². The van der Waals surface area contributed by atoms with Gasteiger partial charge in [-0.2, -0.15) is 9.78 Å². The van der Waals surface area contributed by atoms with Crippen LogP contribution < -0.4 is 9.61 Å². The third-order valence-corrected chi connectivity index (χ3v) is 3.91. The maximum atomic E-state index is 14.1. The summed E-state index contributed by atoms with van der Waals surface area (Å²) in [7, 11) is 0. The van der Waals surface area contributed by atoms with E-state index in [1.165, 1.54) is 6.07 Å². The Morgan fingerprint density at radius 1 is 1.62 bits per heavy atom. The molecule has 1 aromatic heterocycles. The van der Waals surface area contributed by atoms with Gasteiger partial charge in [-0.05, 0) is 19.4 Å². The highest BCUT2D eigenvalue weighted by Gasteiger charge is 2.16. The molecule has 2 rings (SSSR count). The molecule has 0 saturated heterocycles. The van der Waals surface area contributed by atoms with Crippen LogP contribution in [0.5, 0.6) is 5.75 Å². The molecule has 0 aliphatic rings. The molecule has 0 spiro atoms. The van der Waals surface area contributed by atoms with Crippen molar-refractivity contribution in [3.63, 3.8) is 0 Å². The molecule has 1 heterocycles. The first-order chi connectivity index (χ1) is 9.96. The van der Waals surface area contributed by atoms with Crippen LogP contribution in [-0.4, -0.2) is 15.9 Å². The number of nitrogens with zero attached hydrogens (tertiary/aromatic N) is 2. The molecular formula is C14H12ClFN2O2S. The van der Waals surface area contributed by atoms with Crippen LogP contribution >= 0.6 is 22.9 Å². The van der Waals surface area contributed by atoms with Gasteiger partial charge in [0.15, 0.2) is 11.9 Å². The second-order valence-electron chi connectivity index (χ2n) is 4.19. The minimum absolute atomic E-state index is 0.0143. The molecule has 4 nitrogen and oxygen atoms in total. The fourth-order valence-corrected chi connectivity index (χ4v) is 2.50. The van der Waals surface area contributed by atoms with Gasteiger partial charge in [0.25, 0.3) is 0 Å². The van der Waals surface area contributed by atoms with Crippen LogP contribution in [0.25, 0.3) is 5.69 Å². The minimum atomic E-state index is -0.657. The van der Waals surface area contributed by atoms with Crippen LogP contribution in [0.2, 0.25) is 5.02 Å². The molecule has 1 aromatic carbocycles. The smallest absolute Gasteiger partial charge is 0.329 e. The van der Waals surface area contributed by atoms with Crippen LogP contribution in [0.4, 0.5) is 4.39 Å². The molecule has 0 fully saturated rings. The van der Waals surface area contributed by atoms with E-state index < -0.39 is 11.9 Å². The Bertz CT molecular complexity index is 763. The van der Waals surface area contributed by atoms with Gasteiger partial charge in [-0.3, -0.25) is 4.79 Å². The number of terminal acetylenes is 1. The van der Waals surface area contributed by atoms with Crippen molar-refractivity contribution in [2.45, 2.75) is 26.4 Å². The highest BCUT2D eigenvalue weighted by atomic mass is 35.5. The van der Waals surface area contributed by atoms with E-state index in [4.69, 9.17) is 22.8 Å². The molecule has 0 aliphatic heterocycles. The Kier molecular flexibility index (Phi) is 4.66. The second-order valence-corrected chi connectivity index (χ2v) is 5.62. The Hall–Kier alpha value is -1.84. The lowest BCUT2D eigenvalue weighted by atomic mass is 10.2. The zero-order valence-corrected chi connectivity index (χ0v) is 13.0.